The fourth-order valence-corrected chi connectivity index (χ4v) is 2.12. The molecule has 0 aromatic heterocycles. The molecule has 1 aliphatic rings. The zero-order chi connectivity index (χ0) is 12.5. The normalized spacial score (nSPS) is 19.2. The largest absolute Gasteiger partial charge is 0.495 e. The lowest BCUT2D eigenvalue weighted by atomic mass is 9.81. The monoisotopic (exact) mass is 233 g/mol. The summed E-state index contributed by atoms with van der Waals surface area (Å²) in [7, 11) is 1.66. The summed E-state index contributed by atoms with van der Waals surface area (Å²) in [6.45, 7) is 5.43. The average molecular weight is 233 g/mol. The van der Waals surface area contributed by atoms with Crippen LogP contribution in [0.4, 0.5) is 5.69 Å². The highest BCUT2D eigenvalue weighted by atomic mass is 16.5. The number of ketones is 1. The third kappa shape index (κ3) is 2.28. The molecule has 0 unspecified atom stereocenters. The van der Waals surface area contributed by atoms with Gasteiger partial charge in [-0.2, -0.15) is 0 Å². The molecule has 0 N–H and O–H groups in total. The zero-order valence-electron chi connectivity index (χ0n) is 10.7. The van der Waals surface area contributed by atoms with E-state index in [0.717, 1.165) is 24.4 Å². The Morgan fingerprint density at radius 1 is 1.29 bits per heavy atom. The van der Waals surface area contributed by atoms with Crippen molar-refractivity contribution >= 4 is 11.5 Å². The van der Waals surface area contributed by atoms with Crippen LogP contribution in [0, 0.1) is 5.41 Å². The first-order valence-corrected chi connectivity index (χ1v) is 5.96. The first kappa shape index (κ1) is 12.0. The number of hydrogen-bond acceptors (Lipinski definition) is 3. The molecular formula is C14H19NO2. The molecule has 0 bridgehead atoms. The second-order valence-corrected chi connectivity index (χ2v) is 5.15. The van der Waals surface area contributed by atoms with Gasteiger partial charge in [-0.3, -0.25) is 4.79 Å². The van der Waals surface area contributed by atoms with Crippen LogP contribution in [0.2, 0.25) is 0 Å². The van der Waals surface area contributed by atoms with Gasteiger partial charge in [-0.05, 0) is 18.6 Å². The lowest BCUT2D eigenvalue weighted by Gasteiger charge is -2.37. The smallest absolute Gasteiger partial charge is 0.157 e. The minimum Gasteiger partial charge on any atom is -0.495 e. The Bertz CT molecular complexity index is 426. The Hall–Kier alpha value is -1.51. The number of nitrogens with zero attached hydrogens (tertiary/aromatic N) is 1. The van der Waals surface area contributed by atoms with Crippen LogP contribution < -0.4 is 9.64 Å². The van der Waals surface area contributed by atoms with Gasteiger partial charge in [-0.25, -0.2) is 0 Å². The van der Waals surface area contributed by atoms with Crippen molar-refractivity contribution in [2.45, 2.75) is 20.3 Å². The summed E-state index contributed by atoms with van der Waals surface area (Å²) in [6, 6.07) is 7.85. The molecule has 0 spiro atoms. The molecule has 17 heavy (non-hydrogen) atoms. The van der Waals surface area contributed by atoms with E-state index in [0.29, 0.717) is 12.3 Å². The predicted octanol–water partition coefficient (Wildman–Crippen LogP) is 2.50. The van der Waals surface area contributed by atoms with Gasteiger partial charge in [-0.15, -0.1) is 0 Å². The van der Waals surface area contributed by atoms with Crippen molar-refractivity contribution in [1.82, 2.24) is 0 Å². The number of carbonyl (C=O) groups is 1. The minimum absolute atomic E-state index is 0.182. The number of Topliss-reactive ketones (excluding diaryl/α,β-unsaturated/α-hetero) is 1. The van der Waals surface area contributed by atoms with Gasteiger partial charge in [0, 0.05) is 12.0 Å². The van der Waals surface area contributed by atoms with Crippen LogP contribution in [-0.4, -0.2) is 26.0 Å². The van der Waals surface area contributed by atoms with Gasteiger partial charge in [0.1, 0.15) is 5.75 Å². The maximum Gasteiger partial charge on any atom is 0.157 e. The van der Waals surface area contributed by atoms with Crippen LogP contribution in [0.5, 0.6) is 5.75 Å². The summed E-state index contributed by atoms with van der Waals surface area (Å²) < 4.78 is 5.33. The Morgan fingerprint density at radius 2 is 2.00 bits per heavy atom. The Morgan fingerprint density at radius 3 is 2.65 bits per heavy atom. The number of piperidine rings is 1. The van der Waals surface area contributed by atoms with Crippen molar-refractivity contribution in [3.05, 3.63) is 24.3 Å². The molecule has 3 nitrogen and oxygen atoms in total. The maximum absolute atomic E-state index is 12.0. The molecule has 1 aromatic rings. The molecule has 92 valence electrons. The summed E-state index contributed by atoms with van der Waals surface area (Å²) in [5, 5.41) is 0. The van der Waals surface area contributed by atoms with Crippen LogP contribution in [0.15, 0.2) is 24.3 Å². The summed E-state index contributed by atoms with van der Waals surface area (Å²) in [5.41, 5.74) is 0.831. The second-order valence-electron chi connectivity index (χ2n) is 5.15. The van der Waals surface area contributed by atoms with Crippen molar-refractivity contribution in [2.75, 3.05) is 25.1 Å². The van der Waals surface area contributed by atoms with E-state index in [9.17, 15) is 4.79 Å². The molecule has 0 amide bonds. The molecule has 0 saturated carbocycles. The standard InChI is InChI=1S/C14H19NO2/c1-14(2)8-9-15(10-13(14)16)11-6-4-5-7-12(11)17-3/h4-7H,8-10H2,1-3H3. The summed E-state index contributed by atoms with van der Waals surface area (Å²) in [5.74, 6) is 1.13. The SMILES string of the molecule is COc1ccccc1N1CCC(C)(C)C(=O)C1. The molecular weight excluding hydrogens is 214 g/mol. The molecule has 1 fully saturated rings. The molecule has 1 aliphatic heterocycles. The van der Waals surface area contributed by atoms with E-state index in [-0.39, 0.29) is 5.41 Å². The van der Waals surface area contributed by atoms with E-state index >= 15 is 0 Å². The first-order valence-electron chi connectivity index (χ1n) is 5.96. The molecule has 3 heteroatoms. The molecule has 1 saturated heterocycles. The number of benzene rings is 1. The van der Waals surface area contributed by atoms with Crippen LogP contribution in [0.3, 0.4) is 0 Å². The van der Waals surface area contributed by atoms with Gasteiger partial charge < -0.3 is 9.64 Å². The van der Waals surface area contributed by atoms with E-state index in [2.05, 4.69) is 4.90 Å². The topological polar surface area (TPSA) is 29.5 Å². The summed E-state index contributed by atoms with van der Waals surface area (Å²) in [4.78, 5) is 14.1. The van der Waals surface area contributed by atoms with E-state index in [4.69, 9.17) is 4.74 Å². The Kier molecular flexibility index (Phi) is 3.09. The van der Waals surface area contributed by atoms with Gasteiger partial charge in [0.25, 0.3) is 0 Å². The molecule has 0 radical (unpaired) electrons. The fourth-order valence-electron chi connectivity index (χ4n) is 2.12. The molecule has 0 aliphatic carbocycles. The number of rotatable bonds is 2. The maximum atomic E-state index is 12.0. The Labute approximate surface area is 102 Å². The number of methoxy groups -OCH3 is 1. The number of carbonyl (C=O) groups excluding carboxylic acids is 1. The number of hydrogen-bond donors (Lipinski definition) is 0. The van der Waals surface area contributed by atoms with Crippen LogP contribution in [-0.2, 0) is 4.79 Å². The zero-order valence-corrected chi connectivity index (χ0v) is 10.7. The van der Waals surface area contributed by atoms with E-state index < -0.39 is 0 Å². The third-order valence-electron chi connectivity index (χ3n) is 3.52. The van der Waals surface area contributed by atoms with Gasteiger partial charge >= 0.3 is 0 Å². The van der Waals surface area contributed by atoms with Crippen molar-refractivity contribution in [1.29, 1.82) is 0 Å². The average Bonchev–Trinajstić information content (AvgIpc) is 2.33. The van der Waals surface area contributed by atoms with E-state index in [1.54, 1.807) is 7.11 Å². The van der Waals surface area contributed by atoms with Crippen LogP contribution in [0.1, 0.15) is 20.3 Å². The summed E-state index contributed by atoms with van der Waals surface area (Å²) in [6.07, 6.45) is 0.893. The van der Waals surface area contributed by atoms with Crippen molar-refractivity contribution < 1.29 is 9.53 Å². The number of ether oxygens (including phenoxy) is 1. The van der Waals surface area contributed by atoms with Gasteiger partial charge in [0.2, 0.25) is 0 Å². The third-order valence-corrected chi connectivity index (χ3v) is 3.52. The van der Waals surface area contributed by atoms with Crippen molar-refractivity contribution in [3.63, 3.8) is 0 Å². The van der Waals surface area contributed by atoms with Crippen LogP contribution >= 0.6 is 0 Å². The van der Waals surface area contributed by atoms with E-state index in [1.807, 2.05) is 38.1 Å². The van der Waals surface area contributed by atoms with E-state index in [1.165, 1.54) is 0 Å². The summed E-state index contributed by atoms with van der Waals surface area (Å²) >= 11 is 0. The second kappa shape index (κ2) is 4.40. The van der Waals surface area contributed by atoms with Gasteiger partial charge in [-0.1, -0.05) is 26.0 Å². The number of anilines is 1. The Balaban J connectivity index is 2.22. The van der Waals surface area contributed by atoms with Gasteiger partial charge in [0.05, 0.1) is 19.3 Å². The highest BCUT2D eigenvalue weighted by molar-refractivity contribution is 5.90. The lowest BCUT2D eigenvalue weighted by Crippen LogP contribution is -2.45. The first-order chi connectivity index (χ1) is 8.04. The van der Waals surface area contributed by atoms with Crippen LogP contribution in [0.25, 0.3) is 0 Å². The van der Waals surface area contributed by atoms with Gasteiger partial charge in [0.15, 0.2) is 5.78 Å². The predicted molar refractivity (Wildman–Crippen MR) is 68.6 cm³/mol. The van der Waals surface area contributed by atoms with Crippen molar-refractivity contribution in [3.8, 4) is 5.75 Å². The lowest BCUT2D eigenvalue weighted by molar-refractivity contribution is -0.127. The molecule has 1 heterocycles. The quantitative estimate of drug-likeness (QED) is 0.786. The van der Waals surface area contributed by atoms with Crippen molar-refractivity contribution in [2.24, 2.45) is 5.41 Å². The number of para-hydroxylation sites is 2. The highest BCUT2D eigenvalue weighted by Gasteiger charge is 2.34. The fraction of sp³-hybridized carbons (Fsp3) is 0.500. The minimum atomic E-state index is -0.182. The molecule has 0 atom stereocenters. The molecule has 1 aromatic carbocycles. The highest BCUT2D eigenvalue weighted by Crippen LogP contribution is 2.33. The molecule has 2 rings (SSSR count).